The molecule has 134 valence electrons. The highest BCUT2D eigenvalue weighted by molar-refractivity contribution is 9.11. The molecule has 0 bridgehead atoms. The monoisotopic (exact) mass is 433 g/mol. The largest absolute Gasteiger partial charge is 0.279 e. The van der Waals surface area contributed by atoms with Gasteiger partial charge in [-0.15, -0.1) is 11.3 Å². The van der Waals surface area contributed by atoms with Crippen LogP contribution in [0.2, 0.25) is 0 Å². The van der Waals surface area contributed by atoms with E-state index in [0.29, 0.717) is 22.0 Å². The van der Waals surface area contributed by atoms with E-state index in [2.05, 4.69) is 36.9 Å². The molecule has 0 fully saturated rings. The van der Waals surface area contributed by atoms with Crippen LogP contribution in [0.4, 0.5) is 0 Å². The van der Waals surface area contributed by atoms with E-state index in [-0.39, 0.29) is 11.8 Å². The number of amides is 2. The lowest BCUT2D eigenvalue weighted by atomic mass is 10.1. The van der Waals surface area contributed by atoms with E-state index in [1.807, 2.05) is 32.0 Å². The summed E-state index contributed by atoms with van der Waals surface area (Å²) in [7, 11) is 0. The van der Waals surface area contributed by atoms with Gasteiger partial charge in [0.2, 0.25) is 0 Å². The molecule has 0 aliphatic rings. The van der Waals surface area contributed by atoms with Crippen LogP contribution in [0.25, 0.3) is 5.82 Å². The van der Waals surface area contributed by atoms with E-state index in [1.165, 1.54) is 17.5 Å². The van der Waals surface area contributed by atoms with Crippen molar-refractivity contribution in [1.29, 1.82) is 0 Å². The molecule has 0 aromatic carbocycles. The summed E-state index contributed by atoms with van der Waals surface area (Å²) in [6.07, 6.45) is 3.15. The maximum atomic E-state index is 12.6. The second-order valence-electron chi connectivity index (χ2n) is 5.71. The number of hydrogen-bond donors (Lipinski definition) is 2. The quantitative estimate of drug-likeness (QED) is 0.617. The Kier molecular flexibility index (Phi) is 5.48. The topological polar surface area (TPSA) is 88.9 Å². The van der Waals surface area contributed by atoms with Crippen LogP contribution >= 0.6 is 27.3 Å². The maximum Gasteiger partial charge on any atom is 0.279 e. The predicted molar refractivity (Wildman–Crippen MR) is 102 cm³/mol. The molecule has 3 heterocycles. The zero-order valence-electron chi connectivity index (χ0n) is 14.1. The standard InChI is InChI=1S/C17H16BrN5O2S/c1-10(2)15-11(9-20-23(15)14-5-3-4-8-19-14)16(24)21-22-17(25)12-6-7-13(18)26-12/h3-10H,1-2H3,(H,21,24)(H,22,25). The Morgan fingerprint density at radius 3 is 2.54 bits per heavy atom. The summed E-state index contributed by atoms with van der Waals surface area (Å²) in [6, 6.07) is 8.93. The third-order valence-corrected chi connectivity index (χ3v) is 5.17. The van der Waals surface area contributed by atoms with E-state index < -0.39 is 5.91 Å². The van der Waals surface area contributed by atoms with Gasteiger partial charge in [0.15, 0.2) is 5.82 Å². The lowest BCUT2D eigenvalue weighted by Crippen LogP contribution is -2.41. The Hall–Kier alpha value is -2.52. The highest BCUT2D eigenvalue weighted by atomic mass is 79.9. The van der Waals surface area contributed by atoms with Gasteiger partial charge in [-0.2, -0.15) is 5.10 Å². The van der Waals surface area contributed by atoms with Crippen molar-refractivity contribution >= 4 is 39.1 Å². The number of hydrazine groups is 1. The lowest BCUT2D eigenvalue weighted by molar-refractivity contribution is 0.0848. The van der Waals surface area contributed by atoms with Crippen LogP contribution < -0.4 is 10.9 Å². The first-order chi connectivity index (χ1) is 12.5. The molecular weight excluding hydrogens is 418 g/mol. The highest BCUT2D eigenvalue weighted by Crippen LogP contribution is 2.23. The minimum atomic E-state index is -0.431. The molecule has 3 aromatic rings. The summed E-state index contributed by atoms with van der Waals surface area (Å²) in [5.74, 6) is -0.149. The van der Waals surface area contributed by atoms with Gasteiger partial charge in [-0.25, -0.2) is 9.67 Å². The fraction of sp³-hybridized carbons (Fsp3) is 0.176. The summed E-state index contributed by atoms with van der Waals surface area (Å²) >= 11 is 4.58. The average Bonchev–Trinajstić information content (AvgIpc) is 3.26. The zero-order chi connectivity index (χ0) is 18.7. The van der Waals surface area contributed by atoms with Crippen molar-refractivity contribution in [2.24, 2.45) is 0 Å². The number of carbonyl (C=O) groups is 2. The zero-order valence-corrected chi connectivity index (χ0v) is 16.5. The molecule has 26 heavy (non-hydrogen) atoms. The number of nitrogens with one attached hydrogen (secondary N) is 2. The number of nitrogens with zero attached hydrogens (tertiary/aromatic N) is 3. The van der Waals surface area contributed by atoms with Gasteiger partial charge in [0.25, 0.3) is 11.8 Å². The Bertz CT molecular complexity index is 936. The van der Waals surface area contributed by atoms with Crippen LogP contribution in [0.5, 0.6) is 0 Å². The summed E-state index contributed by atoms with van der Waals surface area (Å²) in [4.78, 5) is 29.4. The molecule has 2 N–H and O–H groups in total. The Morgan fingerprint density at radius 1 is 1.15 bits per heavy atom. The third kappa shape index (κ3) is 3.83. The first-order valence-corrected chi connectivity index (χ1v) is 9.43. The lowest BCUT2D eigenvalue weighted by Gasteiger charge is -2.12. The normalized spacial score (nSPS) is 10.8. The number of hydrogen-bond acceptors (Lipinski definition) is 5. The fourth-order valence-electron chi connectivity index (χ4n) is 2.43. The van der Waals surface area contributed by atoms with Crippen molar-refractivity contribution in [3.63, 3.8) is 0 Å². The minimum Gasteiger partial charge on any atom is -0.267 e. The fourth-order valence-corrected chi connectivity index (χ4v) is 3.71. The van der Waals surface area contributed by atoms with E-state index in [0.717, 1.165) is 3.79 Å². The van der Waals surface area contributed by atoms with Crippen LogP contribution in [0.15, 0.2) is 46.5 Å². The van der Waals surface area contributed by atoms with Gasteiger partial charge in [0.05, 0.1) is 26.1 Å². The van der Waals surface area contributed by atoms with Gasteiger partial charge in [0.1, 0.15) is 0 Å². The second-order valence-corrected chi connectivity index (χ2v) is 8.17. The summed E-state index contributed by atoms with van der Waals surface area (Å²) in [5, 5.41) is 4.29. The smallest absolute Gasteiger partial charge is 0.267 e. The maximum absolute atomic E-state index is 12.6. The summed E-state index contributed by atoms with van der Waals surface area (Å²) in [6.45, 7) is 3.93. The van der Waals surface area contributed by atoms with Crippen LogP contribution in [0, 0.1) is 0 Å². The van der Waals surface area contributed by atoms with Crippen molar-refractivity contribution < 1.29 is 9.59 Å². The van der Waals surface area contributed by atoms with Crippen molar-refractivity contribution in [2.45, 2.75) is 19.8 Å². The van der Waals surface area contributed by atoms with Crippen molar-refractivity contribution in [3.05, 3.63) is 62.6 Å². The Balaban J connectivity index is 1.79. The van der Waals surface area contributed by atoms with E-state index >= 15 is 0 Å². The number of halogens is 1. The van der Waals surface area contributed by atoms with Crippen molar-refractivity contribution in [3.8, 4) is 5.82 Å². The molecule has 2 amide bonds. The molecule has 0 aliphatic carbocycles. The van der Waals surface area contributed by atoms with Gasteiger partial charge in [0, 0.05) is 6.20 Å². The molecule has 0 aliphatic heterocycles. The first-order valence-electron chi connectivity index (χ1n) is 7.82. The molecule has 7 nitrogen and oxygen atoms in total. The van der Waals surface area contributed by atoms with Gasteiger partial charge in [-0.3, -0.25) is 20.4 Å². The SMILES string of the molecule is CC(C)c1c(C(=O)NNC(=O)c2ccc(Br)s2)cnn1-c1ccccn1. The molecule has 0 atom stereocenters. The highest BCUT2D eigenvalue weighted by Gasteiger charge is 2.22. The summed E-state index contributed by atoms with van der Waals surface area (Å²) < 4.78 is 2.48. The van der Waals surface area contributed by atoms with Crippen molar-refractivity contribution in [2.75, 3.05) is 0 Å². The van der Waals surface area contributed by atoms with Crippen molar-refractivity contribution in [1.82, 2.24) is 25.6 Å². The summed E-state index contributed by atoms with van der Waals surface area (Å²) in [5.41, 5.74) is 5.97. The Labute approximate surface area is 162 Å². The van der Waals surface area contributed by atoms with Gasteiger partial charge < -0.3 is 0 Å². The third-order valence-electron chi connectivity index (χ3n) is 3.55. The number of rotatable bonds is 4. The van der Waals surface area contributed by atoms with Gasteiger partial charge in [-0.05, 0) is 46.1 Å². The number of pyridine rings is 1. The number of carbonyl (C=O) groups excluding carboxylic acids is 2. The molecule has 0 saturated carbocycles. The van der Waals surface area contributed by atoms with Gasteiger partial charge in [-0.1, -0.05) is 19.9 Å². The van der Waals surface area contributed by atoms with Crippen LogP contribution in [0.1, 0.15) is 45.5 Å². The first kappa shape index (κ1) is 18.3. The molecular formula is C17H16BrN5O2S. The molecule has 0 radical (unpaired) electrons. The van der Waals surface area contributed by atoms with E-state index in [4.69, 9.17) is 0 Å². The van der Waals surface area contributed by atoms with Gasteiger partial charge >= 0.3 is 0 Å². The second kappa shape index (κ2) is 7.79. The molecule has 9 heteroatoms. The number of aromatic nitrogens is 3. The van der Waals surface area contributed by atoms with Crippen LogP contribution in [-0.2, 0) is 0 Å². The van der Waals surface area contributed by atoms with Crippen LogP contribution in [-0.4, -0.2) is 26.6 Å². The number of thiophene rings is 1. The Morgan fingerprint density at radius 2 is 1.92 bits per heavy atom. The molecule has 0 spiro atoms. The molecule has 0 unspecified atom stereocenters. The minimum absolute atomic E-state index is 0.0317. The average molecular weight is 434 g/mol. The van der Waals surface area contributed by atoms with E-state index in [1.54, 1.807) is 23.0 Å². The van der Waals surface area contributed by atoms with E-state index in [9.17, 15) is 9.59 Å². The molecule has 3 rings (SSSR count). The molecule has 3 aromatic heterocycles. The molecule has 0 saturated heterocycles. The van der Waals surface area contributed by atoms with Crippen LogP contribution in [0.3, 0.4) is 0 Å². The predicted octanol–water partition coefficient (Wildman–Crippen LogP) is 3.29.